The van der Waals surface area contributed by atoms with Crippen molar-refractivity contribution in [3.63, 3.8) is 0 Å². The van der Waals surface area contributed by atoms with E-state index in [1.165, 1.54) is 0 Å². The van der Waals surface area contributed by atoms with Crippen LogP contribution in [0.15, 0.2) is 71.1 Å². The third kappa shape index (κ3) is 11.8. The standard InChI is InChI=1S/C34H48N4O4S/c1-5-18-38(19-6-2)34(41)28-14-10-13-27(22-28)33(40)36-31(21-26-11-8-7-9-12-26)32(39)23-35-17-20-43-25-30-16-15-29(42-30)24-37(3)4/h7-16,22,31-32,35,39H,5-6,17-21,23-25H2,1-4H3,(H,36,40)/t31-,32+/m0/s1. The molecule has 2 aromatic carbocycles. The summed E-state index contributed by atoms with van der Waals surface area (Å²) < 4.78 is 5.87. The van der Waals surface area contributed by atoms with Gasteiger partial charge in [0.05, 0.1) is 24.4 Å². The number of thioether (sulfide) groups is 1. The summed E-state index contributed by atoms with van der Waals surface area (Å²) in [5.74, 6) is 3.20. The maximum absolute atomic E-state index is 13.4. The highest BCUT2D eigenvalue weighted by molar-refractivity contribution is 7.98. The van der Waals surface area contributed by atoms with E-state index in [9.17, 15) is 14.7 Å². The van der Waals surface area contributed by atoms with E-state index in [4.69, 9.17) is 4.42 Å². The van der Waals surface area contributed by atoms with E-state index in [-0.39, 0.29) is 11.8 Å². The van der Waals surface area contributed by atoms with Crippen LogP contribution in [0.5, 0.6) is 0 Å². The Morgan fingerprint density at radius 1 is 0.930 bits per heavy atom. The minimum atomic E-state index is -0.803. The Morgan fingerprint density at radius 2 is 1.63 bits per heavy atom. The number of carbonyl (C=O) groups excluding carboxylic acids is 2. The predicted octanol–water partition coefficient (Wildman–Crippen LogP) is 4.83. The molecule has 0 bridgehead atoms. The number of carbonyl (C=O) groups is 2. The lowest BCUT2D eigenvalue weighted by atomic mass is 10.00. The van der Waals surface area contributed by atoms with Crippen molar-refractivity contribution in [3.8, 4) is 0 Å². The second kappa shape index (κ2) is 18.5. The number of furan rings is 1. The van der Waals surface area contributed by atoms with Crippen molar-refractivity contribution >= 4 is 23.6 Å². The Hall–Kier alpha value is -3.11. The summed E-state index contributed by atoms with van der Waals surface area (Å²) >= 11 is 1.77. The van der Waals surface area contributed by atoms with Crippen LogP contribution in [0.3, 0.4) is 0 Å². The fourth-order valence-electron chi connectivity index (χ4n) is 4.84. The highest BCUT2D eigenvalue weighted by Gasteiger charge is 2.23. The van der Waals surface area contributed by atoms with Gasteiger partial charge in [0.2, 0.25) is 0 Å². The third-order valence-corrected chi connectivity index (χ3v) is 7.92. The van der Waals surface area contributed by atoms with Gasteiger partial charge in [-0.15, -0.1) is 0 Å². The van der Waals surface area contributed by atoms with E-state index in [1.807, 2.05) is 61.5 Å². The molecule has 9 heteroatoms. The van der Waals surface area contributed by atoms with Crippen LogP contribution < -0.4 is 10.6 Å². The van der Waals surface area contributed by atoms with Crippen LogP contribution >= 0.6 is 11.8 Å². The SMILES string of the molecule is CCCN(CCC)C(=O)c1cccc(C(=O)N[C@@H](Cc2ccccc2)[C@H](O)CNCCSCc2ccc(CN(C)C)o2)c1. The Kier molecular flexibility index (Phi) is 14.8. The van der Waals surface area contributed by atoms with Crippen molar-refractivity contribution < 1.29 is 19.1 Å². The van der Waals surface area contributed by atoms with Gasteiger partial charge < -0.3 is 30.0 Å². The molecule has 43 heavy (non-hydrogen) atoms. The molecule has 234 valence electrons. The van der Waals surface area contributed by atoms with E-state index in [0.717, 1.165) is 54.5 Å². The van der Waals surface area contributed by atoms with Crippen LogP contribution in [-0.2, 0) is 18.7 Å². The Balaban J connectivity index is 1.56. The number of hydrogen-bond donors (Lipinski definition) is 3. The fourth-order valence-corrected chi connectivity index (χ4v) is 5.63. The van der Waals surface area contributed by atoms with Crippen LogP contribution in [0.2, 0.25) is 0 Å². The molecular weight excluding hydrogens is 560 g/mol. The molecule has 0 saturated carbocycles. The zero-order chi connectivity index (χ0) is 31.0. The molecule has 3 aromatic rings. The Bertz CT molecular complexity index is 1240. The third-order valence-electron chi connectivity index (χ3n) is 6.94. The fraction of sp³-hybridized carbons (Fsp3) is 0.471. The first-order chi connectivity index (χ1) is 20.8. The molecule has 0 saturated heterocycles. The average molecular weight is 609 g/mol. The van der Waals surface area contributed by atoms with E-state index < -0.39 is 12.1 Å². The number of aliphatic hydroxyl groups excluding tert-OH is 1. The predicted molar refractivity (Wildman–Crippen MR) is 175 cm³/mol. The van der Waals surface area contributed by atoms with Gasteiger partial charge in [0.1, 0.15) is 11.5 Å². The Labute approximate surface area is 261 Å². The number of nitrogens with zero attached hydrogens (tertiary/aromatic N) is 2. The molecule has 0 aliphatic carbocycles. The quantitative estimate of drug-likeness (QED) is 0.168. The molecule has 1 heterocycles. The summed E-state index contributed by atoms with van der Waals surface area (Å²) in [5.41, 5.74) is 1.92. The maximum atomic E-state index is 13.4. The van der Waals surface area contributed by atoms with Crippen molar-refractivity contribution in [1.29, 1.82) is 0 Å². The van der Waals surface area contributed by atoms with E-state index in [2.05, 4.69) is 29.4 Å². The Morgan fingerprint density at radius 3 is 2.33 bits per heavy atom. The minimum Gasteiger partial charge on any atom is -0.464 e. The molecule has 8 nitrogen and oxygen atoms in total. The van der Waals surface area contributed by atoms with E-state index in [1.54, 1.807) is 36.0 Å². The molecular formula is C34H48N4O4S. The monoisotopic (exact) mass is 608 g/mol. The maximum Gasteiger partial charge on any atom is 0.253 e. The van der Waals surface area contributed by atoms with Crippen LogP contribution in [0.1, 0.15) is 64.5 Å². The van der Waals surface area contributed by atoms with Gasteiger partial charge in [-0.1, -0.05) is 50.2 Å². The lowest BCUT2D eigenvalue weighted by Gasteiger charge is -2.25. The smallest absolute Gasteiger partial charge is 0.253 e. The number of hydrogen-bond acceptors (Lipinski definition) is 7. The first-order valence-electron chi connectivity index (χ1n) is 15.2. The van der Waals surface area contributed by atoms with Gasteiger partial charge in [-0.3, -0.25) is 9.59 Å². The highest BCUT2D eigenvalue weighted by atomic mass is 32.2. The topological polar surface area (TPSA) is 98.0 Å². The van der Waals surface area contributed by atoms with Crippen LogP contribution in [-0.4, -0.2) is 84.9 Å². The second-order valence-corrected chi connectivity index (χ2v) is 12.2. The number of rotatable bonds is 19. The second-order valence-electron chi connectivity index (χ2n) is 11.1. The van der Waals surface area contributed by atoms with Crippen LogP contribution in [0.4, 0.5) is 0 Å². The van der Waals surface area contributed by atoms with Crippen molar-refractivity contribution in [2.75, 3.05) is 46.0 Å². The largest absolute Gasteiger partial charge is 0.464 e. The molecule has 3 N–H and O–H groups in total. The summed E-state index contributed by atoms with van der Waals surface area (Å²) in [6.07, 6.45) is 1.43. The van der Waals surface area contributed by atoms with Gasteiger partial charge in [-0.05, 0) is 69.3 Å². The molecule has 3 rings (SSSR count). The summed E-state index contributed by atoms with van der Waals surface area (Å²) in [7, 11) is 4.03. The number of benzene rings is 2. The molecule has 2 amide bonds. The van der Waals surface area contributed by atoms with Gasteiger partial charge in [0, 0.05) is 43.1 Å². The summed E-state index contributed by atoms with van der Waals surface area (Å²) in [6.45, 7) is 7.30. The van der Waals surface area contributed by atoms with Crippen molar-refractivity contribution in [1.82, 2.24) is 20.4 Å². The zero-order valence-corrected chi connectivity index (χ0v) is 26.9. The zero-order valence-electron chi connectivity index (χ0n) is 26.1. The van der Waals surface area contributed by atoms with Crippen molar-refractivity contribution in [2.24, 2.45) is 0 Å². The molecule has 0 radical (unpaired) electrons. The first kappa shape index (κ1) is 34.4. The lowest BCUT2D eigenvalue weighted by Crippen LogP contribution is -2.49. The molecule has 0 unspecified atom stereocenters. The number of aliphatic hydroxyl groups is 1. The summed E-state index contributed by atoms with van der Waals surface area (Å²) in [6, 6.07) is 20.2. The van der Waals surface area contributed by atoms with Gasteiger partial charge in [-0.25, -0.2) is 0 Å². The van der Waals surface area contributed by atoms with E-state index >= 15 is 0 Å². The van der Waals surface area contributed by atoms with Crippen molar-refractivity contribution in [3.05, 3.63) is 94.9 Å². The normalized spacial score (nSPS) is 12.7. The molecule has 0 fully saturated rings. The number of nitrogens with one attached hydrogen (secondary N) is 2. The van der Waals surface area contributed by atoms with Gasteiger partial charge in [0.15, 0.2) is 0 Å². The lowest BCUT2D eigenvalue weighted by molar-refractivity contribution is 0.0755. The van der Waals surface area contributed by atoms with Crippen LogP contribution in [0, 0.1) is 0 Å². The van der Waals surface area contributed by atoms with Gasteiger partial charge >= 0.3 is 0 Å². The molecule has 0 aliphatic rings. The van der Waals surface area contributed by atoms with E-state index in [0.29, 0.717) is 37.2 Å². The first-order valence-corrected chi connectivity index (χ1v) is 16.4. The van der Waals surface area contributed by atoms with Crippen molar-refractivity contribution in [2.45, 2.75) is 57.6 Å². The van der Waals surface area contributed by atoms with Gasteiger partial charge in [-0.2, -0.15) is 11.8 Å². The average Bonchev–Trinajstić information content (AvgIpc) is 3.44. The molecule has 0 spiro atoms. The molecule has 1 aromatic heterocycles. The minimum absolute atomic E-state index is 0.0673. The molecule has 2 atom stereocenters. The highest BCUT2D eigenvalue weighted by Crippen LogP contribution is 2.16. The summed E-state index contributed by atoms with van der Waals surface area (Å²) in [4.78, 5) is 30.4. The summed E-state index contributed by atoms with van der Waals surface area (Å²) in [5, 5.41) is 17.5. The number of amides is 2. The van der Waals surface area contributed by atoms with Gasteiger partial charge in [0.25, 0.3) is 11.8 Å². The molecule has 0 aliphatic heterocycles. The van der Waals surface area contributed by atoms with Crippen LogP contribution in [0.25, 0.3) is 0 Å².